The molecule has 2 N–H and O–H groups in total. The maximum atomic E-state index is 13.6. The topological polar surface area (TPSA) is 50.4 Å². The lowest BCUT2D eigenvalue weighted by atomic mass is 10.2. The zero-order chi connectivity index (χ0) is 13.0. The smallest absolute Gasteiger partial charge is 0.242 e. The fraction of sp³-hybridized carbons (Fsp3) is 0.417. The Morgan fingerprint density at radius 2 is 2.50 bits per heavy atom. The fourth-order valence-corrected chi connectivity index (χ4v) is 2.59. The van der Waals surface area contributed by atoms with Crippen molar-refractivity contribution in [1.29, 1.82) is 0 Å². The number of hydrogen-bond acceptors (Lipinski definition) is 4. The highest BCUT2D eigenvalue weighted by molar-refractivity contribution is 7.99. The quantitative estimate of drug-likeness (QED) is 0.876. The second-order valence-corrected chi connectivity index (χ2v) is 4.87. The molecule has 1 heterocycles. The summed E-state index contributed by atoms with van der Waals surface area (Å²) >= 11 is 1.67. The van der Waals surface area contributed by atoms with Crippen molar-refractivity contribution in [1.82, 2.24) is 5.32 Å². The third kappa shape index (κ3) is 3.14. The number of ether oxygens (including phenoxy) is 1. The van der Waals surface area contributed by atoms with Gasteiger partial charge in [-0.1, -0.05) is 0 Å². The zero-order valence-electron chi connectivity index (χ0n) is 10.0. The predicted octanol–water partition coefficient (Wildman–Crippen LogP) is 1.83. The fourth-order valence-electron chi connectivity index (χ4n) is 1.64. The highest BCUT2D eigenvalue weighted by Crippen LogP contribution is 2.21. The minimum atomic E-state index is -0.469. The molecule has 1 aliphatic heterocycles. The molecule has 4 nitrogen and oxygen atoms in total. The lowest BCUT2D eigenvalue weighted by molar-refractivity contribution is -0.117. The molecule has 0 radical (unpaired) electrons. The van der Waals surface area contributed by atoms with Crippen molar-refractivity contribution in [2.24, 2.45) is 0 Å². The van der Waals surface area contributed by atoms with Crippen molar-refractivity contribution in [3.63, 3.8) is 0 Å². The minimum absolute atomic E-state index is 0.136. The third-order valence-corrected chi connectivity index (χ3v) is 3.47. The van der Waals surface area contributed by atoms with Crippen LogP contribution in [0.5, 0.6) is 5.75 Å². The van der Waals surface area contributed by atoms with Crippen molar-refractivity contribution in [3.05, 3.63) is 24.0 Å². The zero-order valence-corrected chi connectivity index (χ0v) is 10.8. The van der Waals surface area contributed by atoms with Gasteiger partial charge in [-0.05, 0) is 19.1 Å². The van der Waals surface area contributed by atoms with E-state index in [9.17, 15) is 9.18 Å². The second-order valence-electron chi connectivity index (χ2n) is 3.84. The maximum absolute atomic E-state index is 13.6. The molecular weight excluding hydrogens is 255 g/mol. The molecule has 2 rings (SSSR count). The Balaban J connectivity index is 2.00. The molecule has 0 saturated carbocycles. The van der Waals surface area contributed by atoms with E-state index in [0.29, 0.717) is 12.3 Å². The first-order valence-corrected chi connectivity index (χ1v) is 6.90. The Morgan fingerprint density at radius 3 is 3.11 bits per heavy atom. The number of nitrogens with one attached hydrogen (secondary N) is 2. The molecular formula is C12H15FN2O2S. The Hall–Kier alpha value is -1.27. The maximum Gasteiger partial charge on any atom is 0.242 e. The van der Waals surface area contributed by atoms with E-state index in [-0.39, 0.29) is 17.7 Å². The average molecular weight is 270 g/mol. The van der Waals surface area contributed by atoms with Gasteiger partial charge in [0.2, 0.25) is 5.91 Å². The number of halogens is 1. The Bertz CT molecular complexity index is 436. The summed E-state index contributed by atoms with van der Waals surface area (Å²) < 4.78 is 18.7. The molecule has 1 aliphatic rings. The molecule has 18 heavy (non-hydrogen) atoms. The number of anilines is 1. The van der Waals surface area contributed by atoms with Gasteiger partial charge in [-0.3, -0.25) is 10.1 Å². The van der Waals surface area contributed by atoms with Gasteiger partial charge in [-0.15, -0.1) is 11.8 Å². The summed E-state index contributed by atoms with van der Waals surface area (Å²) in [6, 6.07) is 4.22. The number of carbonyl (C=O) groups excluding carboxylic acids is 1. The van der Waals surface area contributed by atoms with E-state index in [1.54, 1.807) is 24.8 Å². The Kier molecular flexibility index (Phi) is 4.43. The highest BCUT2D eigenvalue weighted by atomic mass is 32.2. The number of thioether (sulfide) groups is 1. The number of hydrogen-bond donors (Lipinski definition) is 2. The van der Waals surface area contributed by atoms with Crippen LogP contribution in [0.3, 0.4) is 0 Å². The normalized spacial score (nSPS) is 18.7. The summed E-state index contributed by atoms with van der Waals surface area (Å²) in [5.74, 6) is 1.11. The Morgan fingerprint density at radius 1 is 1.67 bits per heavy atom. The largest absolute Gasteiger partial charge is 0.491 e. The van der Waals surface area contributed by atoms with Crippen LogP contribution >= 0.6 is 11.8 Å². The SMILES string of the molecule is CCOc1ccc(NC(=O)C2CSCN2)cc1F. The molecule has 1 unspecified atom stereocenters. The van der Waals surface area contributed by atoms with Crippen LogP contribution in [0.4, 0.5) is 10.1 Å². The molecule has 0 aliphatic carbocycles. The first kappa shape index (κ1) is 13.2. The van der Waals surface area contributed by atoms with Gasteiger partial charge in [0.1, 0.15) is 0 Å². The van der Waals surface area contributed by atoms with Crippen LogP contribution in [0, 0.1) is 5.82 Å². The van der Waals surface area contributed by atoms with Crippen molar-refractivity contribution < 1.29 is 13.9 Å². The van der Waals surface area contributed by atoms with E-state index in [4.69, 9.17) is 4.74 Å². The van der Waals surface area contributed by atoms with E-state index in [1.165, 1.54) is 12.1 Å². The lowest BCUT2D eigenvalue weighted by Crippen LogP contribution is -2.37. The first-order chi connectivity index (χ1) is 8.70. The van der Waals surface area contributed by atoms with Gasteiger partial charge >= 0.3 is 0 Å². The first-order valence-electron chi connectivity index (χ1n) is 5.75. The number of carbonyl (C=O) groups is 1. The summed E-state index contributed by atoms with van der Waals surface area (Å²) in [5.41, 5.74) is 0.444. The molecule has 1 aromatic carbocycles. The number of benzene rings is 1. The Labute approximate surface area is 109 Å². The molecule has 1 atom stereocenters. The predicted molar refractivity (Wildman–Crippen MR) is 70.4 cm³/mol. The van der Waals surface area contributed by atoms with Crippen LogP contribution < -0.4 is 15.4 Å². The summed E-state index contributed by atoms with van der Waals surface area (Å²) in [5, 5.41) is 5.74. The highest BCUT2D eigenvalue weighted by Gasteiger charge is 2.22. The van der Waals surface area contributed by atoms with Crippen molar-refractivity contribution in [3.8, 4) is 5.75 Å². The van der Waals surface area contributed by atoms with Gasteiger partial charge in [0.25, 0.3) is 0 Å². The van der Waals surface area contributed by atoms with Gasteiger partial charge in [-0.2, -0.15) is 0 Å². The molecule has 0 spiro atoms. The summed E-state index contributed by atoms with van der Waals surface area (Å²) in [4.78, 5) is 11.8. The van der Waals surface area contributed by atoms with Crippen LogP contribution in [-0.4, -0.2) is 30.2 Å². The lowest BCUT2D eigenvalue weighted by Gasteiger charge is -2.11. The van der Waals surface area contributed by atoms with Crippen LogP contribution in [-0.2, 0) is 4.79 Å². The van der Waals surface area contributed by atoms with E-state index < -0.39 is 5.82 Å². The van der Waals surface area contributed by atoms with Crippen molar-refractivity contribution in [2.75, 3.05) is 23.6 Å². The van der Waals surface area contributed by atoms with Crippen molar-refractivity contribution in [2.45, 2.75) is 13.0 Å². The standard InChI is InChI=1S/C12H15FN2O2S/c1-2-17-11-4-3-8(5-9(11)13)15-12(16)10-6-18-7-14-10/h3-5,10,14H,2,6-7H2,1H3,(H,15,16). The molecule has 6 heteroatoms. The molecule has 0 aromatic heterocycles. The van der Waals surface area contributed by atoms with Gasteiger partial charge < -0.3 is 10.1 Å². The van der Waals surface area contributed by atoms with E-state index >= 15 is 0 Å². The summed E-state index contributed by atoms with van der Waals surface area (Å²) in [7, 11) is 0. The van der Waals surface area contributed by atoms with E-state index in [0.717, 1.165) is 11.6 Å². The van der Waals surface area contributed by atoms with Gasteiger partial charge in [0.05, 0.1) is 12.6 Å². The van der Waals surface area contributed by atoms with E-state index in [1.807, 2.05) is 0 Å². The molecule has 1 aromatic rings. The van der Waals surface area contributed by atoms with Gasteiger partial charge in [0, 0.05) is 23.4 Å². The van der Waals surface area contributed by atoms with Crippen LogP contribution in [0.25, 0.3) is 0 Å². The minimum Gasteiger partial charge on any atom is -0.491 e. The van der Waals surface area contributed by atoms with Crippen LogP contribution in [0.15, 0.2) is 18.2 Å². The van der Waals surface area contributed by atoms with Gasteiger partial charge in [-0.25, -0.2) is 4.39 Å². The second kappa shape index (κ2) is 6.06. The molecule has 0 bridgehead atoms. The monoisotopic (exact) mass is 270 g/mol. The number of amides is 1. The molecule has 1 saturated heterocycles. The molecule has 1 fully saturated rings. The van der Waals surface area contributed by atoms with Crippen LogP contribution in [0.1, 0.15) is 6.92 Å². The van der Waals surface area contributed by atoms with Gasteiger partial charge in [0.15, 0.2) is 11.6 Å². The van der Waals surface area contributed by atoms with Crippen LogP contribution in [0.2, 0.25) is 0 Å². The third-order valence-electron chi connectivity index (χ3n) is 2.53. The van der Waals surface area contributed by atoms with Crippen molar-refractivity contribution >= 4 is 23.4 Å². The average Bonchev–Trinajstić information content (AvgIpc) is 2.86. The number of rotatable bonds is 4. The summed E-state index contributed by atoms with van der Waals surface area (Å²) in [6.07, 6.45) is 0. The molecule has 1 amide bonds. The molecule has 98 valence electrons. The summed E-state index contributed by atoms with van der Waals surface area (Å²) in [6.45, 7) is 2.20. The van der Waals surface area contributed by atoms with E-state index in [2.05, 4.69) is 10.6 Å².